The molecule has 1 fully saturated rings. The van der Waals surface area contributed by atoms with Crippen LogP contribution in [0.5, 0.6) is 0 Å². The van der Waals surface area contributed by atoms with Gasteiger partial charge in [-0.3, -0.25) is 4.79 Å². The Morgan fingerprint density at radius 1 is 1.63 bits per heavy atom. The van der Waals surface area contributed by atoms with E-state index in [4.69, 9.17) is 5.11 Å². The summed E-state index contributed by atoms with van der Waals surface area (Å²) in [4.78, 5) is 12.8. The Kier molecular flexibility index (Phi) is 5.00. The van der Waals surface area contributed by atoms with Gasteiger partial charge in [-0.2, -0.15) is 0 Å². The molecule has 19 heavy (non-hydrogen) atoms. The Morgan fingerprint density at radius 2 is 2.42 bits per heavy atom. The van der Waals surface area contributed by atoms with Crippen molar-refractivity contribution in [3.8, 4) is 0 Å². The third-order valence-electron chi connectivity index (χ3n) is 3.14. The standard InChI is InChI=1S/C11H18N4O2S2/c1-7-5-15(2)4-3-8(7)12-10-13-14-11(19-10)18-6-9(16)17/h7-8H,3-6H2,1-2H3,(H,12,13)(H,16,17). The van der Waals surface area contributed by atoms with Gasteiger partial charge in [-0.25, -0.2) is 0 Å². The molecule has 0 amide bonds. The first kappa shape index (κ1) is 14.5. The van der Waals surface area contributed by atoms with E-state index in [-0.39, 0.29) is 5.75 Å². The molecule has 2 atom stereocenters. The van der Waals surface area contributed by atoms with Crippen LogP contribution in [0.1, 0.15) is 13.3 Å². The number of aromatic nitrogens is 2. The Balaban J connectivity index is 1.87. The quantitative estimate of drug-likeness (QED) is 0.797. The van der Waals surface area contributed by atoms with Gasteiger partial charge < -0.3 is 15.3 Å². The van der Waals surface area contributed by atoms with Gasteiger partial charge in [0.25, 0.3) is 0 Å². The van der Waals surface area contributed by atoms with E-state index >= 15 is 0 Å². The first-order chi connectivity index (χ1) is 9.04. The molecule has 0 aromatic carbocycles. The highest BCUT2D eigenvalue weighted by Gasteiger charge is 2.24. The van der Waals surface area contributed by atoms with Crippen molar-refractivity contribution in [2.75, 3.05) is 31.2 Å². The normalized spacial score (nSPS) is 24.3. The maximum Gasteiger partial charge on any atom is 0.313 e. The molecule has 2 unspecified atom stereocenters. The van der Waals surface area contributed by atoms with Crippen molar-refractivity contribution in [2.45, 2.75) is 23.7 Å². The van der Waals surface area contributed by atoms with Gasteiger partial charge in [0.05, 0.1) is 5.75 Å². The summed E-state index contributed by atoms with van der Waals surface area (Å²) in [5, 5.41) is 20.9. The number of hydrogen-bond donors (Lipinski definition) is 2. The maximum absolute atomic E-state index is 10.5. The molecule has 2 heterocycles. The van der Waals surface area contributed by atoms with Crippen molar-refractivity contribution in [3.63, 3.8) is 0 Å². The summed E-state index contributed by atoms with van der Waals surface area (Å²) >= 11 is 2.63. The summed E-state index contributed by atoms with van der Waals surface area (Å²) in [6.07, 6.45) is 1.09. The van der Waals surface area contributed by atoms with Crippen LogP contribution < -0.4 is 5.32 Å². The number of nitrogens with one attached hydrogen (secondary N) is 1. The van der Waals surface area contributed by atoms with Crippen LogP contribution in [-0.4, -0.2) is 58.1 Å². The van der Waals surface area contributed by atoms with Gasteiger partial charge >= 0.3 is 5.97 Å². The first-order valence-corrected chi connectivity index (χ1v) is 7.98. The van der Waals surface area contributed by atoms with Gasteiger partial charge in [-0.05, 0) is 25.9 Å². The summed E-state index contributed by atoms with van der Waals surface area (Å²) in [5.41, 5.74) is 0. The van der Waals surface area contributed by atoms with E-state index < -0.39 is 5.97 Å². The van der Waals surface area contributed by atoms with E-state index in [2.05, 4.69) is 34.4 Å². The van der Waals surface area contributed by atoms with Crippen LogP contribution in [0.2, 0.25) is 0 Å². The van der Waals surface area contributed by atoms with E-state index in [1.165, 1.54) is 23.1 Å². The lowest BCUT2D eigenvalue weighted by Gasteiger charge is -2.34. The zero-order chi connectivity index (χ0) is 13.8. The highest BCUT2D eigenvalue weighted by Crippen LogP contribution is 2.27. The van der Waals surface area contributed by atoms with Crippen LogP contribution in [-0.2, 0) is 4.79 Å². The fourth-order valence-electron chi connectivity index (χ4n) is 2.18. The number of likely N-dealkylation sites (tertiary alicyclic amines) is 1. The minimum Gasteiger partial charge on any atom is -0.481 e. The number of carbonyl (C=O) groups is 1. The molecule has 1 aromatic heterocycles. The third-order valence-corrected chi connectivity index (χ3v) is 5.12. The topological polar surface area (TPSA) is 78.3 Å². The summed E-state index contributed by atoms with van der Waals surface area (Å²) in [6, 6.07) is 0.418. The van der Waals surface area contributed by atoms with Crippen molar-refractivity contribution in [3.05, 3.63) is 0 Å². The predicted octanol–water partition coefficient (Wildman–Crippen LogP) is 1.47. The first-order valence-electron chi connectivity index (χ1n) is 6.18. The molecule has 0 radical (unpaired) electrons. The van der Waals surface area contributed by atoms with Gasteiger partial charge in [0.2, 0.25) is 5.13 Å². The molecule has 0 bridgehead atoms. The van der Waals surface area contributed by atoms with Crippen LogP contribution in [0, 0.1) is 5.92 Å². The van der Waals surface area contributed by atoms with Crippen molar-refractivity contribution < 1.29 is 9.90 Å². The van der Waals surface area contributed by atoms with Gasteiger partial charge in [-0.1, -0.05) is 30.0 Å². The molecule has 6 nitrogen and oxygen atoms in total. The Morgan fingerprint density at radius 3 is 3.11 bits per heavy atom. The largest absolute Gasteiger partial charge is 0.481 e. The lowest BCUT2D eigenvalue weighted by Crippen LogP contribution is -2.43. The van der Waals surface area contributed by atoms with E-state index in [1.807, 2.05) is 0 Å². The van der Waals surface area contributed by atoms with Crippen LogP contribution in [0.15, 0.2) is 4.34 Å². The number of thioether (sulfide) groups is 1. The summed E-state index contributed by atoms with van der Waals surface area (Å²) in [7, 11) is 2.14. The van der Waals surface area contributed by atoms with Crippen molar-refractivity contribution >= 4 is 34.2 Å². The van der Waals surface area contributed by atoms with Crippen molar-refractivity contribution in [2.24, 2.45) is 5.92 Å². The van der Waals surface area contributed by atoms with Crippen molar-refractivity contribution in [1.82, 2.24) is 15.1 Å². The monoisotopic (exact) mass is 302 g/mol. The zero-order valence-corrected chi connectivity index (χ0v) is 12.6. The molecule has 8 heteroatoms. The van der Waals surface area contributed by atoms with Crippen LogP contribution >= 0.6 is 23.1 Å². The molecule has 1 aromatic rings. The van der Waals surface area contributed by atoms with Crippen LogP contribution in [0.25, 0.3) is 0 Å². The zero-order valence-electron chi connectivity index (χ0n) is 11.0. The predicted molar refractivity (Wildman–Crippen MR) is 77.0 cm³/mol. The Bertz CT molecular complexity index is 440. The van der Waals surface area contributed by atoms with Gasteiger partial charge in [0.1, 0.15) is 0 Å². The highest BCUT2D eigenvalue weighted by atomic mass is 32.2. The van der Waals surface area contributed by atoms with Gasteiger partial charge in [0.15, 0.2) is 4.34 Å². The lowest BCUT2D eigenvalue weighted by molar-refractivity contribution is -0.133. The number of anilines is 1. The molecule has 106 valence electrons. The molecule has 0 aliphatic carbocycles. The third kappa shape index (κ3) is 4.32. The number of carboxylic acid groups (broad SMARTS) is 1. The number of hydrogen-bond acceptors (Lipinski definition) is 7. The summed E-state index contributed by atoms with van der Waals surface area (Å²) < 4.78 is 0.700. The van der Waals surface area contributed by atoms with E-state index in [0.29, 0.717) is 16.3 Å². The molecular weight excluding hydrogens is 284 g/mol. The minimum atomic E-state index is -0.835. The molecule has 2 N–H and O–H groups in total. The fraction of sp³-hybridized carbons (Fsp3) is 0.727. The SMILES string of the molecule is CC1CN(C)CCC1Nc1nnc(SCC(=O)O)s1. The summed E-state index contributed by atoms with van der Waals surface area (Å²) in [5.74, 6) is -0.240. The number of piperidine rings is 1. The van der Waals surface area contributed by atoms with Crippen molar-refractivity contribution in [1.29, 1.82) is 0 Å². The van der Waals surface area contributed by atoms with Crippen LogP contribution in [0.3, 0.4) is 0 Å². The average Bonchev–Trinajstić information content (AvgIpc) is 2.78. The second-order valence-corrected chi connectivity index (χ2v) is 7.03. The van der Waals surface area contributed by atoms with E-state index in [9.17, 15) is 4.79 Å². The molecule has 0 saturated carbocycles. The molecule has 1 aliphatic heterocycles. The fourth-order valence-corrected chi connectivity index (χ4v) is 3.71. The molecule has 2 rings (SSSR count). The molecule has 1 aliphatic rings. The van der Waals surface area contributed by atoms with Gasteiger partial charge in [0, 0.05) is 12.6 Å². The number of rotatable bonds is 5. The van der Waals surface area contributed by atoms with E-state index in [1.54, 1.807) is 0 Å². The number of aliphatic carboxylic acids is 1. The molecular formula is C11H18N4O2S2. The smallest absolute Gasteiger partial charge is 0.313 e. The Hall–Kier alpha value is -0.860. The maximum atomic E-state index is 10.5. The lowest BCUT2D eigenvalue weighted by atomic mass is 9.94. The second kappa shape index (κ2) is 6.53. The average molecular weight is 302 g/mol. The van der Waals surface area contributed by atoms with E-state index in [0.717, 1.165) is 24.6 Å². The molecule has 1 saturated heterocycles. The van der Waals surface area contributed by atoms with Crippen LogP contribution in [0.4, 0.5) is 5.13 Å². The number of carboxylic acids is 1. The second-order valence-electron chi connectivity index (χ2n) is 4.83. The molecule has 0 spiro atoms. The highest BCUT2D eigenvalue weighted by molar-refractivity contribution is 8.01. The minimum absolute atomic E-state index is 0.0270. The Labute approximate surface area is 120 Å². The number of nitrogens with zero attached hydrogens (tertiary/aromatic N) is 3. The van der Waals surface area contributed by atoms with Gasteiger partial charge in [-0.15, -0.1) is 10.2 Å². The summed E-state index contributed by atoms with van der Waals surface area (Å²) in [6.45, 7) is 4.40.